The molecular formula is C9H16N4O3S2. The molecule has 0 atom stereocenters. The molecule has 0 saturated carbocycles. The van der Waals surface area contributed by atoms with Gasteiger partial charge < -0.3 is 10.9 Å². The molecule has 0 fully saturated rings. The number of aryl methyl sites for hydroxylation is 2. The van der Waals surface area contributed by atoms with Crippen molar-refractivity contribution >= 4 is 27.4 Å². The van der Waals surface area contributed by atoms with Crippen molar-refractivity contribution in [2.45, 2.75) is 11.9 Å². The SMILES string of the molecule is Cc1nn(C)c(SCCS(C)(=O)=O)c1/C(N)=N/O. The van der Waals surface area contributed by atoms with Gasteiger partial charge in [-0.25, -0.2) is 8.42 Å². The van der Waals surface area contributed by atoms with Gasteiger partial charge in [0.2, 0.25) is 0 Å². The van der Waals surface area contributed by atoms with Crippen LogP contribution in [0.2, 0.25) is 0 Å². The summed E-state index contributed by atoms with van der Waals surface area (Å²) in [5, 5.41) is 16.5. The highest BCUT2D eigenvalue weighted by Gasteiger charge is 2.18. The van der Waals surface area contributed by atoms with Gasteiger partial charge in [0.15, 0.2) is 5.84 Å². The molecule has 1 aromatic heterocycles. The Labute approximate surface area is 110 Å². The molecule has 18 heavy (non-hydrogen) atoms. The molecule has 0 aliphatic heterocycles. The van der Waals surface area contributed by atoms with E-state index in [0.29, 0.717) is 22.0 Å². The van der Waals surface area contributed by atoms with E-state index in [-0.39, 0.29) is 11.6 Å². The number of nitrogens with two attached hydrogens (primary N) is 1. The molecule has 9 heteroatoms. The summed E-state index contributed by atoms with van der Waals surface area (Å²) < 4.78 is 23.7. The molecule has 1 heterocycles. The van der Waals surface area contributed by atoms with Gasteiger partial charge in [0, 0.05) is 19.1 Å². The van der Waals surface area contributed by atoms with Crippen LogP contribution in [0.5, 0.6) is 0 Å². The van der Waals surface area contributed by atoms with E-state index in [0.717, 1.165) is 0 Å². The predicted molar refractivity (Wildman–Crippen MR) is 70.9 cm³/mol. The van der Waals surface area contributed by atoms with Gasteiger partial charge in [-0.2, -0.15) is 5.10 Å². The Morgan fingerprint density at radius 1 is 1.61 bits per heavy atom. The van der Waals surface area contributed by atoms with Crippen molar-refractivity contribution in [3.63, 3.8) is 0 Å². The third kappa shape index (κ3) is 3.64. The molecular weight excluding hydrogens is 276 g/mol. The number of nitrogens with zero attached hydrogens (tertiary/aromatic N) is 3. The van der Waals surface area contributed by atoms with E-state index in [4.69, 9.17) is 10.9 Å². The number of oxime groups is 1. The summed E-state index contributed by atoms with van der Waals surface area (Å²) in [5.74, 6) is 0.434. The van der Waals surface area contributed by atoms with E-state index >= 15 is 0 Å². The normalized spacial score (nSPS) is 12.9. The molecule has 0 unspecified atom stereocenters. The van der Waals surface area contributed by atoms with Crippen molar-refractivity contribution in [1.82, 2.24) is 9.78 Å². The number of sulfone groups is 1. The summed E-state index contributed by atoms with van der Waals surface area (Å²) in [5.41, 5.74) is 6.76. The maximum Gasteiger partial charge on any atom is 0.174 e. The highest BCUT2D eigenvalue weighted by Crippen LogP contribution is 2.24. The van der Waals surface area contributed by atoms with Crippen molar-refractivity contribution in [2.75, 3.05) is 17.8 Å². The second kappa shape index (κ2) is 5.61. The summed E-state index contributed by atoms with van der Waals surface area (Å²) in [7, 11) is -1.27. The number of hydrogen-bond donors (Lipinski definition) is 2. The number of rotatable bonds is 5. The molecule has 102 valence electrons. The molecule has 0 saturated heterocycles. The molecule has 1 aromatic rings. The summed E-state index contributed by atoms with van der Waals surface area (Å²) >= 11 is 1.31. The van der Waals surface area contributed by atoms with E-state index in [2.05, 4.69) is 10.3 Å². The third-order valence-corrected chi connectivity index (χ3v) is 4.58. The molecule has 0 aliphatic rings. The van der Waals surface area contributed by atoms with Gasteiger partial charge in [-0.1, -0.05) is 5.16 Å². The first-order valence-electron chi connectivity index (χ1n) is 5.08. The largest absolute Gasteiger partial charge is 0.409 e. The zero-order valence-electron chi connectivity index (χ0n) is 10.4. The standard InChI is InChI=1S/C9H16N4O3S2/c1-6-7(8(10)12-14)9(13(2)11-6)17-4-5-18(3,15)16/h14H,4-5H2,1-3H3,(H2,10,12). The Kier molecular flexibility index (Phi) is 4.63. The first-order chi connectivity index (χ1) is 8.26. The number of thioether (sulfide) groups is 1. The number of amidine groups is 1. The number of hydrogen-bond acceptors (Lipinski definition) is 6. The van der Waals surface area contributed by atoms with Crippen LogP contribution < -0.4 is 5.73 Å². The lowest BCUT2D eigenvalue weighted by molar-refractivity contribution is 0.318. The van der Waals surface area contributed by atoms with Crippen molar-refractivity contribution in [3.05, 3.63) is 11.3 Å². The first-order valence-corrected chi connectivity index (χ1v) is 8.13. The van der Waals surface area contributed by atoms with Crippen LogP contribution in [-0.2, 0) is 16.9 Å². The second-order valence-electron chi connectivity index (χ2n) is 3.85. The average molecular weight is 292 g/mol. The van der Waals surface area contributed by atoms with Crippen LogP contribution in [0.1, 0.15) is 11.3 Å². The Morgan fingerprint density at radius 3 is 2.72 bits per heavy atom. The van der Waals surface area contributed by atoms with Crippen molar-refractivity contribution in [3.8, 4) is 0 Å². The summed E-state index contributed by atoms with van der Waals surface area (Å²) in [6, 6.07) is 0. The minimum atomic E-state index is -3.00. The molecule has 0 spiro atoms. The minimum absolute atomic E-state index is 0.0255. The van der Waals surface area contributed by atoms with Crippen LogP contribution in [-0.4, -0.2) is 47.0 Å². The van der Waals surface area contributed by atoms with E-state index in [1.165, 1.54) is 18.0 Å². The van der Waals surface area contributed by atoms with Gasteiger partial charge in [0.1, 0.15) is 14.9 Å². The van der Waals surface area contributed by atoms with Crippen LogP contribution in [0.3, 0.4) is 0 Å². The fourth-order valence-corrected chi connectivity index (χ4v) is 3.80. The van der Waals surface area contributed by atoms with Crippen LogP contribution in [0, 0.1) is 6.92 Å². The lowest BCUT2D eigenvalue weighted by atomic mass is 10.2. The van der Waals surface area contributed by atoms with Gasteiger partial charge in [0.05, 0.1) is 17.0 Å². The van der Waals surface area contributed by atoms with Crippen molar-refractivity contribution in [1.29, 1.82) is 0 Å². The van der Waals surface area contributed by atoms with Gasteiger partial charge in [-0.05, 0) is 6.92 Å². The fourth-order valence-electron chi connectivity index (χ4n) is 1.44. The third-order valence-electron chi connectivity index (χ3n) is 2.23. The van der Waals surface area contributed by atoms with Crippen molar-refractivity contribution in [2.24, 2.45) is 17.9 Å². The van der Waals surface area contributed by atoms with Crippen molar-refractivity contribution < 1.29 is 13.6 Å². The Hall–Kier alpha value is -1.22. The summed E-state index contributed by atoms with van der Waals surface area (Å²) in [4.78, 5) is 0. The molecule has 0 aliphatic carbocycles. The molecule has 1 rings (SSSR count). The molecule has 0 bridgehead atoms. The maximum absolute atomic E-state index is 11.1. The lowest BCUT2D eigenvalue weighted by Crippen LogP contribution is -2.15. The van der Waals surface area contributed by atoms with Gasteiger partial charge in [0.25, 0.3) is 0 Å². The zero-order valence-corrected chi connectivity index (χ0v) is 12.0. The predicted octanol–water partition coefficient (Wildman–Crippen LogP) is -0.0403. The quantitative estimate of drug-likeness (QED) is 0.259. The molecule has 0 amide bonds. The molecule has 0 aromatic carbocycles. The minimum Gasteiger partial charge on any atom is -0.409 e. The first kappa shape index (κ1) is 14.8. The zero-order chi connectivity index (χ0) is 13.9. The second-order valence-corrected chi connectivity index (χ2v) is 7.20. The maximum atomic E-state index is 11.1. The van der Waals surface area contributed by atoms with Crippen LogP contribution in [0.15, 0.2) is 10.2 Å². The van der Waals surface area contributed by atoms with Gasteiger partial charge in [-0.3, -0.25) is 4.68 Å². The average Bonchev–Trinajstić information content (AvgIpc) is 2.51. The molecule has 3 N–H and O–H groups in total. The summed E-state index contributed by atoms with van der Waals surface area (Å²) in [6.45, 7) is 1.74. The Morgan fingerprint density at radius 2 is 2.22 bits per heavy atom. The van der Waals surface area contributed by atoms with E-state index in [1.54, 1.807) is 18.7 Å². The van der Waals surface area contributed by atoms with Gasteiger partial charge >= 0.3 is 0 Å². The van der Waals surface area contributed by atoms with Gasteiger partial charge in [-0.15, -0.1) is 11.8 Å². The highest BCUT2D eigenvalue weighted by molar-refractivity contribution is 8.00. The number of aromatic nitrogens is 2. The monoisotopic (exact) mass is 292 g/mol. The van der Waals surface area contributed by atoms with E-state index in [9.17, 15) is 8.42 Å². The topological polar surface area (TPSA) is 111 Å². The van der Waals surface area contributed by atoms with E-state index in [1.807, 2.05) is 0 Å². The summed E-state index contributed by atoms with van der Waals surface area (Å²) in [6.07, 6.45) is 1.19. The Balaban J connectivity index is 2.95. The molecule has 7 nitrogen and oxygen atoms in total. The Bertz CT molecular complexity index is 563. The molecule has 0 radical (unpaired) electrons. The van der Waals surface area contributed by atoms with E-state index < -0.39 is 9.84 Å². The smallest absolute Gasteiger partial charge is 0.174 e. The van der Waals surface area contributed by atoms with Crippen LogP contribution in [0.4, 0.5) is 0 Å². The van der Waals surface area contributed by atoms with Crippen LogP contribution in [0.25, 0.3) is 0 Å². The lowest BCUT2D eigenvalue weighted by Gasteiger charge is -2.04. The fraction of sp³-hybridized carbons (Fsp3) is 0.556. The van der Waals surface area contributed by atoms with Crippen LogP contribution >= 0.6 is 11.8 Å². The highest BCUT2D eigenvalue weighted by atomic mass is 32.2.